The molecule has 0 saturated heterocycles. The summed E-state index contributed by atoms with van der Waals surface area (Å²) in [5, 5.41) is 11.1. The lowest BCUT2D eigenvalue weighted by Gasteiger charge is -2.35. The van der Waals surface area contributed by atoms with E-state index in [0.717, 1.165) is 16.3 Å². The van der Waals surface area contributed by atoms with E-state index in [1.165, 1.54) is 34.1 Å². The molecular weight excluding hydrogens is 532 g/mol. The Hall–Kier alpha value is -5.14. The summed E-state index contributed by atoms with van der Waals surface area (Å²) in [6.07, 6.45) is -3.14. The molecule has 5 rings (SSSR count). The fourth-order valence-corrected chi connectivity index (χ4v) is 4.19. The lowest BCUT2D eigenvalue weighted by Crippen LogP contribution is -2.45. The number of aromatic nitrogens is 3. The zero-order valence-electron chi connectivity index (χ0n) is 21.1. The third kappa shape index (κ3) is 5.10. The average molecular weight is 555 g/mol. The Labute approximate surface area is 225 Å². The number of halogens is 4. The molecule has 0 atom stereocenters. The van der Waals surface area contributed by atoms with Crippen molar-refractivity contribution in [3.8, 4) is 5.69 Å². The molecule has 0 fully saturated rings. The number of urea groups is 2. The summed E-state index contributed by atoms with van der Waals surface area (Å²) in [7, 11) is 3.30. The van der Waals surface area contributed by atoms with Gasteiger partial charge in [0.1, 0.15) is 17.5 Å². The van der Waals surface area contributed by atoms with E-state index >= 15 is 0 Å². The molecule has 3 N–H and O–H groups in total. The Bertz CT molecular complexity index is 1590. The van der Waals surface area contributed by atoms with Crippen LogP contribution in [0.15, 0.2) is 66.9 Å². The van der Waals surface area contributed by atoms with Crippen molar-refractivity contribution in [3.05, 3.63) is 83.9 Å². The van der Waals surface area contributed by atoms with E-state index in [0.29, 0.717) is 17.6 Å². The van der Waals surface area contributed by atoms with Crippen molar-refractivity contribution in [3.63, 3.8) is 0 Å². The molecular formula is C26H22F4N8O2. The van der Waals surface area contributed by atoms with Gasteiger partial charge in [-0.1, -0.05) is 18.2 Å². The van der Waals surface area contributed by atoms with E-state index in [4.69, 9.17) is 0 Å². The molecule has 2 aromatic carbocycles. The second-order valence-corrected chi connectivity index (χ2v) is 8.78. The first-order chi connectivity index (χ1) is 19.0. The van der Waals surface area contributed by atoms with Crippen LogP contribution in [0.5, 0.6) is 0 Å². The zero-order valence-corrected chi connectivity index (χ0v) is 21.1. The van der Waals surface area contributed by atoms with Gasteiger partial charge >= 0.3 is 18.2 Å². The minimum Gasteiger partial charge on any atom is -0.373 e. The summed E-state index contributed by atoms with van der Waals surface area (Å²) in [5.74, 6) is -0.516. The number of para-hydroxylation sites is 1. The lowest BCUT2D eigenvalue weighted by molar-refractivity contribution is -0.141. The van der Waals surface area contributed by atoms with Crippen molar-refractivity contribution in [2.45, 2.75) is 12.7 Å². The quantitative estimate of drug-likeness (QED) is 0.275. The summed E-state index contributed by atoms with van der Waals surface area (Å²) in [5.41, 5.74) is 0.448. The van der Waals surface area contributed by atoms with Gasteiger partial charge in [0.2, 0.25) is 0 Å². The summed E-state index contributed by atoms with van der Waals surface area (Å²) in [6, 6.07) is 12.6. The highest BCUT2D eigenvalue weighted by Gasteiger charge is 2.35. The predicted octanol–water partition coefficient (Wildman–Crippen LogP) is 5.69. The lowest BCUT2D eigenvalue weighted by atomic mass is 10.1. The number of nitrogens with zero attached hydrogens (tertiary/aromatic N) is 5. The molecule has 4 aromatic rings. The van der Waals surface area contributed by atoms with Gasteiger partial charge in [0.15, 0.2) is 5.69 Å². The smallest absolute Gasteiger partial charge is 0.373 e. The van der Waals surface area contributed by atoms with E-state index in [1.54, 1.807) is 44.6 Å². The van der Waals surface area contributed by atoms with Crippen molar-refractivity contribution >= 4 is 40.8 Å². The van der Waals surface area contributed by atoms with E-state index in [2.05, 4.69) is 26.0 Å². The van der Waals surface area contributed by atoms with Crippen molar-refractivity contribution in [1.29, 1.82) is 0 Å². The molecule has 0 unspecified atom stereocenters. The number of hydrogen-bond donors (Lipinski definition) is 3. The van der Waals surface area contributed by atoms with Crippen LogP contribution >= 0.6 is 0 Å². The van der Waals surface area contributed by atoms with Gasteiger partial charge < -0.3 is 10.6 Å². The highest BCUT2D eigenvalue weighted by Crippen LogP contribution is 2.34. The van der Waals surface area contributed by atoms with E-state index < -0.39 is 29.7 Å². The van der Waals surface area contributed by atoms with Crippen LogP contribution < -0.4 is 25.8 Å². The van der Waals surface area contributed by atoms with Crippen LogP contribution in [0.1, 0.15) is 11.3 Å². The van der Waals surface area contributed by atoms with E-state index in [-0.39, 0.29) is 29.4 Å². The number of amides is 4. The Morgan fingerprint density at radius 2 is 1.75 bits per heavy atom. The predicted molar refractivity (Wildman–Crippen MR) is 141 cm³/mol. The Balaban J connectivity index is 1.39. The molecule has 0 spiro atoms. The Morgan fingerprint density at radius 3 is 2.45 bits per heavy atom. The van der Waals surface area contributed by atoms with Gasteiger partial charge in [-0.25, -0.2) is 23.6 Å². The Morgan fingerprint density at radius 1 is 1.00 bits per heavy atom. The number of hydrogen-bond acceptors (Lipinski definition) is 5. The van der Waals surface area contributed by atoms with Crippen LogP contribution in [0.25, 0.3) is 5.69 Å². The summed E-state index contributed by atoms with van der Waals surface area (Å²) >= 11 is 0. The second-order valence-electron chi connectivity index (χ2n) is 8.78. The molecule has 40 heavy (non-hydrogen) atoms. The maximum atomic E-state index is 14.7. The van der Waals surface area contributed by atoms with Gasteiger partial charge in [0, 0.05) is 43.7 Å². The molecule has 0 bridgehead atoms. The zero-order chi connectivity index (χ0) is 28.6. The van der Waals surface area contributed by atoms with Crippen molar-refractivity contribution in [2.75, 3.05) is 39.8 Å². The maximum absolute atomic E-state index is 14.7. The van der Waals surface area contributed by atoms with Gasteiger partial charge in [-0.2, -0.15) is 18.3 Å². The average Bonchev–Trinajstić information content (AvgIpc) is 3.36. The summed E-state index contributed by atoms with van der Waals surface area (Å²) in [6.45, 7) is 0.142. The molecule has 0 saturated carbocycles. The van der Waals surface area contributed by atoms with Crippen LogP contribution in [-0.2, 0) is 12.7 Å². The number of alkyl halides is 3. The van der Waals surface area contributed by atoms with Crippen LogP contribution in [0.2, 0.25) is 0 Å². The van der Waals surface area contributed by atoms with Crippen molar-refractivity contribution in [2.24, 2.45) is 0 Å². The van der Waals surface area contributed by atoms with Gasteiger partial charge in [-0.05, 0) is 30.3 Å². The van der Waals surface area contributed by atoms with Crippen LogP contribution in [0, 0.1) is 5.82 Å². The number of nitrogens with one attached hydrogen (secondary N) is 3. The molecule has 1 aliphatic rings. The molecule has 1 aliphatic heterocycles. The maximum Gasteiger partial charge on any atom is 0.435 e. The molecule has 3 heterocycles. The normalized spacial score (nSPS) is 13.2. The third-order valence-corrected chi connectivity index (χ3v) is 6.18. The van der Waals surface area contributed by atoms with Gasteiger partial charge in [-0.15, -0.1) is 0 Å². The number of pyridine rings is 1. The molecule has 10 nitrogen and oxygen atoms in total. The number of fused-ring (bicyclic) bond motifs is 1. The van der Waals surface area contributed by atoms with Crippen molar-refractivity contribution in [1.82, 2.24) is 14.8 Å². The molecule has 2 aromatic heterocycles. The fraction of sp³-hybridized carbons (Fsp3) is 0.154. The number of rotatable bonds is 5. The first-order valence-electron chi connectivity index (χ1n) is 11.9. The first kappa shape index (κ1) is 26.5. The highest BCUT2D eigenvalue weighted by molar-refractivity contribution is 6.06. The van der Waals surface area contributed by atoms with Crippen LogP contribution in [0.4, 0.5) is 55.8 Å². The van der Waals surface area contributed by atoms with Crippen molar-refractivity contribution < 1.29 is 27.2 Å². The monoisotopic (exact) mass is 554 g/mol. The number of benzene rings is 2. The van der Waals surface area contributed by atoms with Crippen LogP contribution in [0.3, 0.4) is 0 Å². The minimum atomic E-state index is -4.76. The molecule has 0 aliphatic carbocycles. The number of carbonyl (C=O) groups is 2. The minimum absolute atomic E-state index is 0.142. The summed E-state index contributed by atoms with van der Waals surface area (Å²) in [4.78, 5) is 33.0. The Kier molecular flexibility index (Phi) is 6.75. The standard InChI is InChI=1S/C26H22F4N8O2/c1-31-22-11-20-15(13-32-22)14-37(25(40)36(20)2)17-8-9-18(27)19(10-17)33-24(39)34-23-12-21(26(28,29)30)35-38(23)16-6-4-3-5-7-16/h3-13H,14H2,1-2H3,(H,31,32)(H2,33,34,39). The van der Waals surface area contributed by atoms with Gasteiger partial charge in [0.05, 0.1) is 23.6 Å². The van der Waals surface area contributed by atoms with E-state index in [9.17, 15) is 27.2 Å². The largest absolute Gasteiger partial charge is 0.435 e. The third-order valence-electron chi connectivity index (χ3n) is 6.18. The molecule has 206 valence electrons. The van der Waals surface area contributed by atoms with E-state index in [1.807, 2.05) is 0 Å². The highest BCUT2D eigenvalue weighted by atomic mass is 19.4. The SMILES string of the molecule is CNc1cc2c(cn1)CN(c1ccc(F)c(NC(=O)Nc3cc(C(F)(F)F)nn3-c3ccccc3)c1)C(=O)N2C. The number of carbonyl (C=O) groups excluding carboxylic acids is 2. The fourth-order valence-electron chi connectivity index (χ4n) is 4.19. The summed E-state index contributed by atoms with van der Waals surface area (Å²) < 4.78 is 55.7. The molecule has 4 amide bonds. The molecule has 14 heteroatoms. The van der Waals surface area contributed by atoms with Gasteiger partial charge in [0.25, 0.3) is 0 Å². The number of anilines is 5. The second kappa shape index (κ2) is 10.2. The first-order valence-corrected chi connectivity index (χ1v) is 11.9. The van der Waals surface area contributed by atoms with Gasteiger partial charge in [-0.3, -0.25) is 15.1 Å². The topological polar surface area (TPSA) is 107 Å². The molecule has 0 radical (unpaired) electrons. The van der Waals surface area contributed by atoms with Crippen LogP contribution in [-0.4, -0.2) is 40.9 Å².